The number of aromatic nitrogens is 1. The number of benzene rings is 3. The van der Waals surface area contributed by atoms with E-state index >= 15 is 0 Å². The quantitative estimate of drug-likeness (QED) is 0.223. The first kappa shape index (κ1) is 27.0. The van der Waals surface area contributed by atoms with E-state index in [9.17, 15) is 9.90 Å². The van der Waals surface area contributed by atoms with Gasteiger partial charge in [-0.15, -0.1) is 0 Å². The van der Waals surface area contributed by atoms with Crippen LogP contribution in [0.2, 0.25) is 15.1 Å². The lowest BCUT2D eigenvalue weighted by molar-refractivity contribution is 0.0697. The molecular formula is C30H23Cl3N2O4. The van der Waals surface area contributed by atoms with Gasteiger partial charge in [0.25, 0.3) is 0 Å². The van der Waals surface area contributed by atoms with Crippen molar-refractivity contribution in [1.82, 2.24) is 5.16 Å². The maximum atomic E-state index is 11.4. The van der Waals surface area contributed by atoms with Crippen molar-refractivity contribution in [1.29, 1.82) is 0 Å². The molecule has 3 aromatic carbocycles. The van der Waals surface area contributed by atoms with E-state index in [1.54, 1.807) is 54.6 Å². The number of halogens is 3. The smallest absolute Gasteiger partial charge is 0.335 e. The van der Waals surface area contributed by atoms with Crippen molar-refractivity contribution in [2.45, 2.75) is 25.4 Å². The summed E-state index contributed by atoms with van der Waals surface area (Å²) in [4.78, 5) is 13.3. The van der Waals surface area contributed by atoms with Gasteiger partial charge in [0.2, 0.25) is 0 Å². The monoisotopic (exact) mass is 580 g/mol. The number of anilines is 1. The Morgan fingerprint density at radius 3 is 2.38 bits per heavy atom. The molecule has 39 heavy (non-hydrogen) atoms. The van der Waals surface area contributed by atoms with E-state index in [2.05, 4.69) is 17.0 Å². The molecular weight excluding hydrogens is 559 g/mol. The van der Waals surface area contributed by atoms with E-state index in [-0.39, 0.29) is 12.2 Å². The average Bonchev–Trinajstić information content (AvgIpc) is 3.66. The molecule has 0 saturated heterocycles. The minimum atomic E-state index is -1.01. The van der Waals surface area contributed by atoms with Crippen LogP contribution in [-0.4, -0.2) is 30.3 Å². The van der Waals surface area contributed by atoms with E-state index in [0.717, 1.165) is 29.9 Å². The zero-order valence-electron chi connectivity index (χ0n) is 21.1. The van der Waals surface area contributed by atoms with Gasteiger partial charge in [-0.05, 0) is 55.3 Å². The average molecular weight is 582 g/mol. The van der Waals surface area contributed by atoms with Gasteiger partial charge in [-0.25, -0.2) is 4.79 Å². The zero-order valence-corrected chi connectivity index (χ0v) is 23.4. The number of hydrogen-bond donors (Lipinski definition) is 1. The molecule has 198 valence electrons. The van der Waals surface area contributed by atoms with E-state index in [4.69, 9.17) is 44.1 Å². The maximum Gasteiger partial charge on any atom is 0.335 e. The molecule has 1 aliphatic carbocycles. The van der Waals surface area contributed by atoms with Crippen LogP contribution in [0.25, 0.3) is 11.3 Å². The second-order valence-electron chi connectivity index (χ2n) is 9.36. The van der Waals surface area contributed by atoms with Crippen LogP contribution in [-0.2, 0) is 6.61 Å². The lowest BCUT2D eigenvalue weighted by Gasteiger charge is -2.15. The zero-order chi connectivity index (χ0) is 27.7. The molecule has 4 aromatic rings. The van der Waals surface area contributed by atoms with Crippen molar-refractivity contribution in [3.8, 4) is 28.8 Å². The van der Waals surface area contributed by atoms with Gasteiger partial charge in [0.05, 0.1) is 31.9 Å². The van der Waals surface area contributed by atoms with Crippen LogP contribution in [0, 0.1) is 11.8 Å². The summed E-state index contributed by atoms with van der Waals surface area (Å²) in [6.45, 7) is 0.196. The Bertz CT molecular complexity index is 1610. The van der Waals surface area contributed by atoms with Crippen molar-refractivity contribution < 1.29 is 19.2 Å². The highest BCUT2D eigenvalue weighted by Crippen LogP contribution is 2.46. The fourth-order valence-corrected chi connectivity index (χ4v) is 4.98. The van der Waals surface area contributed by atoms with Gasteiger partial charge in [-0.3, -0.25) is 0 Å². The molecule has 0 atom stereocenters. The number of hydrogen-bond acceptors (Lipinski definition) is 5. The fourth-order valence-electron chi connectivity index (χ4n) is 4.18. The first-order valence-corrected chi connectivity index (χ1v) is 13.3. The van der Waals surface area contributed by atoms with E-state index in [1.807, 2.05) is 19.0 Å². The summed E-state index contributed by atoms with van der Waals surface area (Å²) in [6.07, 6.45) is 2.06. The fraction of sp³-hybridized carbons (Fsp3) is 0.200. The molecule has 1 N–H and O–H groups in total. The Morgan fingerprint density at radius 2 is 1.74 bits per heavy atom. The third-order valence-electron chi connectivity index (χ3n) is 6.35. The van der Waals surface area contributed by atoms with E-state index in [0.29, 0.717) is 49.1 Å². The lowest BCUT2D eigenvalue weighted by atomic mass is 10.0. The summed E-state index contributed by atoms with van der Waals surface area (Å²) in [7, 11) is 3.74. The van der Waals surface area contributed by atoms with Crippen molar-refractivity contribution in [2.75, 3.05) is 19.0 Å². The third-order valence-corrected chi connectivity index (χ3v) is 7.29. The predicted octanol–water partition coefficient (Wildman–Crippen LogP) is 7.92. The second kappa shape index (κ2) is 11.2. The van der Waals surface area contributed by atoms with Gasteiger partial charge in [0.15, 0.2) is 0 Å². The second-order valence-corrected chi connectivity index (χ2v) is 10.6. The van der Waals surface area contributed by atoms with Crippen LogP contribution in [0.3, 0.4) is 0 Å². The van der Waals surface area contributed by atoms with E-state index in [1.165, 1.54) is 0 Å². The molecule has 0 aliphatic heterocycles. The van der Waals surface area contributed by atoms with Crippen LogP contribution >= 0.6 is 34.8 Å². The molecule has 1 fully saturated rings. The number of nitrogens with zero attached hydrogens (tertiary/aromatic N) is 2. The minimum absolute atomic E-state index is 0.163. The van der Waals surface area contributed by atoms with Crippen molar-refractivity contribution in [2.24, 2.45) is 0 Å². The summed E-state index contributed by atoms with van der Waals surface area (Å²) >= 11 is 19.5. The van der Waals surface area contributed by atoms with Gasteiger partial charge in [0, 0.05) is 42.8 Å². The number of carboxylic acids is 1. The van der Waals surface area contributed by atoms with E-state index < -0.39 is 5.97 Å². The van der Waals surface area contributed by atoms with Crippen LogP contribution in [0.5, 0.6) is 5.75 Å². The molecule has 1 aromatic heterocycles. The number of ether oxygens (including phenoxy) is 1. The first-order chi connectivity index (χ1) is 18.7. The Labute approximate surface area is 241 Å². The van der Waals surface area contributed by atoms with Gasteiger partial charge in [-0.2, -0.15) is 0 Å². The van der Waals surface area contributed by atoms with Crippen LogP contribution in [0.15, 0.2) is 59.1 Å². The van der Waals surface area contributed by atoms with Crippen molar-refractivity contribution in [3.05, 3.63) is 97.7 Å². The molecule has 0 bridgehead atoms. The highest BCUT2D eigenvalue weighted by Gasteiger charge is 2.33. The summed E-state index contributed by atoms with van der Waals surface area (Å²) in [5.74, 6) is 6.74. The predicted molar refractivity (Wildman–Crippen MR) is 153 cm³/mol. The van der Waals surface area contributed by atoms with Gasteiger partial charge < -0.3 is 19.3 Å². The number of carbonyl (C=O) groups is 1. The van der Waals surface area contributed by atoms with Crippen LogP contribution in [0.1, 0.15) is 51.6 Å². The number of carboxylic acid groups (broad SMARTS) is 1. The minimum Gasteiger partial charge on any atom is -0.489 e. The lowest BCUT2D eigenvalue weighted by Crippen LogP contribution is -2.11. The van der Waals surface area contributed by atoms with Crippen LogP contribution in [0.4, 0.5) is 5.69 Å². The molecule has 0 unspecified atom stereocenters. The largest absolute Gasteiger partial charge is 0.489 e. The topological polar surface area (TPSA) is 75.8 Å². The maximum absolute atomic E-state index is 11.4. The summed E-state index contributed by atoms with van der Waals surface area (Å²) in [5, 5.41) is 15.0. The van der Waals surface area contributed by atoms with Crippen molar-refractivity contribution in [3.63, 3.8) is 0 Å². The molecule has 1 aliphatic rings. The molecule has 0 amide bonds. The molecule has 0 spiro atoms. The highest BCUT2D eigenvalue weighted by molar-refractivity contribution is 6.39. The molecule has 6 nitrogen and oxygen atoms in total. The Hall–Kier alpha value is -3.63. The molecule has 1 heterocycles. The third kappa shape index (κ3) is 5.86. The first-order valence-electron chi connectivity index (χ1n) is 12.1. The highest BCUT2D eigenvalue weighted by atomic mass is 35.5. The Morgan fingerprint density at radius 1 is 1.03 bits per heavy atom. The van der Waals surface area contributed by atoms with Gasteiger partial charge in [0.1, 0.15) is 23.8 Å². The summed E-state index contributed by atoms with van der Waals surface area (Å²) in [5.41, 5.74) is 4.13. The normalized spacial score (nSPS) is 12.5. The summed E-state index contributed by atoms with van der Waals surface area (Å²) in [6, 6.07) is 15.4. The van der Waals surface area contributed by atoms with Gasteiger partial charge >= 0.3 is 5.97 Å². The molecule has 0 radical (unpaired) electrons. The number of aromatic carboxylic acids is 1. The standard InChI is InChI=1S/C30H23Cl3N2O4/c1-35(2)26-13-11-20(30(36)37)14-19(26)9-6-17-10-12-21(15-25(17)33)38-16-22-28(34-39-29(22)18-7-8-18)27-23(31)4-3-5-24(27)32/h3-5,10-15,18H,7-8,16H2,1-2H3,(H,36,37). The van der Waals surface area contributed by atoms with Crippen LogP contribution < -0.4 is 9.64 Å². The SMILES string of the molecule is CN(C)c1ccc(C(=O)O)cc1C#Cc1ccc(OCc2c(-c3c(Cl)cccc3Cl)noc2C2CC2)cc1Cl. The molecule has 1 saturated carbocycles. The van der Waals surface area contributed by atoms with Crippen molar-refractivity contribution >= 4 is 46.5 Å². The summed E-state index contributed by atoms with van der Waals surface area (Å²) < 4.78 is 11.8. The Balaban J connectivity index is 1.40. The molecule has 9 heteroatoms. The Kier molecular flexibility index (Phi) is 7.76. The number of rotatable bonds is 7. The molecule has 5 rings (SSSR count). The van der Waals surface area contributed by atoms with Gasteiger partial charge in [-0.1, -0.05) is 57.9 Å².